The smallest absolute Gasteiger partial charge is 0.0646 e. The number of aliphatic hydroxyl groups is 2. The maximum absolute atomic E-state index is 10.7. The quantitative estimate of drug-likeness (QED) is 0.294. The van der Waals surface area contributed by atoms with Crippen LogP contribution >= 0.6 is 0 Å². The van der Waals surface area contributed by atoms with Crippen LogP contribution in [0.15, 0.2) is 60.7 Å². The summed E-state index contributed by atoms with van der Waals surface area (Å²) in [4.78, 5) is 4.61. The van der Waals surface area contributed by atoms with Crippen molar-refractivity contribution in [1.29, 1.82) is 0 Å². The molecular weight excluding hydrogens is 599 g/mol. The fourth-order valence-corrected chi connectivity index (χ4v) is 5.70. The first-order valence-corrected chi connectivity index (χ1v) is 12.4. The average Bonchev–Trinajstić information content (AvgIpc) is 2.93. The summed E-state index contributed by atoms with van der Waals surface area (Å²) in [6.45, 7) is 8.57. The molecule has 2 aromatic carbocycles. The number of aliphatic hydroxyl groups excluding tert-OH is 2. The van der Waals surface area contributed by atoms with Crippen molar-refractivity contribution in [2.24, 2.45) is 22.7 Å². The Kier molecular flexibility index (Phi) is 8.74. The molecule has 0 spiro atoms. The van der Waals surface area contributed by atoms with Crippen molar-refractivity contribution < 1.29 is 30.3 Å². The Morgan fingerprint density at radius 1 is 0.824 bits per heavy atom. The minimum absolute atomic E-state index is 0. The molecule has 34 heavy (non-hydrogen) atoms. The summed E-state index contributed by atoms with van der Waals surface area (Å²) in [6, 6.07) is 23.4. The molecule has 3 nitrogen and oxygen atoms in total. The van der Waals surface area contributed by atoms with Gasteiger partial charge in [0.15, 0.2) is 0 Å². The summed E-state index contributed by atoms with van der Waals surface area (Å²) in [6.07, 6.45) is 4.99. The molecule has 2 saturated carbocycles. The topological polar surface area (TPSA) is 53.4 Å². The molecular formula is C30H38IrNO2-. The first kappa shape index (κ1) is 27.0. The van der Waals surface area contributed by atoms with Gasteiger partial charge in [0.2, 0.25) is 0 Å². The summed E-state index contributed by atoms with van der Waals surface area (Å²) in [5, 5.41) is 22.4. The van der Waals surface area contributed by atoms with E-state index in [1.807, 2.05) is 48.5 Å². The van der Waals surface area contributed by atoms with Crippen LogP contribution in [0.4, 0.5) is 0 Å². The Hall–Kier alpha value is -1.58. The number of rotatable bonds is 1. The van der Waals surface area contributed by atoms with Crippen LogP contribution in [-0.2, 0) is 20.1 Å². The molecule has 0 amide bonds. The van der Waals surface area contributed by atoms with E-state index in [4.69, 9.17) is 0 Å². The van der Waals surface area contributed by atoms with Gasteiger partial charge in [0, 0.05) is 26.0 Å². The standard InChI is InChI=1S/C15H10N.C15H28O2.Ir/c1-2-6-12(7-3-1)15-11-10-13-8-4-5-9-14(13)16-15;1-14(2)8-5-6-10-7-9-15(3,4)13(17)11(10)12(14)16;/h1-6,8-11H;10-13,16-17H,5-9H2,1-4H3;/q-1;;. The largest absolute Gasteiger partial charge is 0.392 e. The van der Waals surface area contributed by atoms with E-state index < -0.39 is 0 Å². The molecule has 4 unspecified atom stereocenters. The van der Waals surface area contributed by atoms with E-state index in [1.54, 1.807) is 0 Å². The number of para-hydroxylation sites is 1. The van der Waals surface area contributed by atoms with E-state index >= 15 is 0 Å². The van der Waals surface area contributed by atoms with Gasteiger partial charge in [0.1, 0.15) is 0 Å². The zero-order valence-corrected chi connectivity index (χ0v) is 23.2. The van der Waals surface area contributed by atoms with E-state index in [-0.39, 0.29) is 49.1 Å². The number of aromatic nitrogens is 1. The molecule has 2 fully saturated rings. The molecule has 0 aliphatic heterocycles. The van der Waals surface area contributed by atoms with Gasteiger partial charge in [-0.2, -0.15) is 0 Å². The summed E-state index contributed by atoms with van der Waals surface area (Å²) in [5.74, 6) is 0.603. The van der Waals surface area contributed by atoms with E-state index in [2.05, 4.69) is 50.9 Å². The van der Waals surface area contributed by atoms with Gasteiger partial charge in [-0.1, -0.05) is 64.4 Å². The van der Waals surface area contributed by atoms with E-state index in [9.17, 15) is 10.2 Å². The molecule has 5 rings (SSSR count). The van der Waals surface area contributed by atoms with Crippen LogP contribution in [0, 0.1) is 28.7 Å². The second kappa shape index (κ2) is 11.0. The van der Waals surface area contributed by atoms with Gasteiger partial charge >= 0.3 is 0 Å². The predicted octanol–water partition coefficient (Wildman–Crippen LogP) is 6.67. The van der Waals surface area contributed by atoms with Crippen LogP contribution in [0.5, 0.6) is 0 Å². The van der Waals surface area contributed by atoms with E-state index in [0.29, 0.717) is 5.92 Å². The summed E-state index contributed by atoms with van der Waals surface area (Å²) in [5.41, 5.74) is 2.95. The van der Waals surface area contributed by atoms with Crippen LogP contribution in [0.1, 0.15) is 59.8 Å². The zero-order chi connectivity index (χ0) is 23.6. The molecule has 4 atom stereocenters. The Labute approximate surface area is 218 Å². The van der Waals surface area contributed by atoms with Gasteiger partial charge < -0.3 is 10.2 Å². The molecule has 185 valence electrons. The predicted molar refractivity (Wildman–Crippen MR) is 136 cm³/mol. The van der Waals surface area contributed by atoms with Gasteiger partial charge in [0.25, 0.3) is 0 Å². The number of benzene rings is 2. The normalized spacial score (nSPS) is 27.4. The Balaban J connectivity index is 0.000000185. The Morgan fingerprint density at radius 3 is 2.21 bits per heavy atom. The molecule has 2 aliphatic rings. The summed E-state index contributed by atoms with van der Waals surface area (Å²) < 4.78 is 0. The number of nitrogens with zero attached hydrogens (tertiary/aromatic N) is 1. The van der Waals surface area contributed by atoms with Crippen LogP contribution in [0.3, 0.4) is 0 Å². The van der Waals surface area contributed by atoms with Crippen molar-refractivity contribution >= 4 is 10.9 Å². The molecule has 2 N–H and O–H groups in total. The van der Waals surface area contributed by atoms with Crippen molar-refractivity contribution in [2.75, 3.05) is 0 Å². The van der Waals surface area contributed by atoms with Gasteiger partial charge in [-0.25, -0.2) is 0 Å². The molecule has 0 saturated heterocycles. The Bertz CT molecular complexity index is 1070. The van der Waals surface area contributed by atoms with Gasteiger partial charge in [0.05, 0.1) is 17.7 Å². The average molecular weight is 637 g/mol. The first-order chi connectivity index (χ1) is 15.7. The molecule has 3 aromatic rings. The monoisotopic (exact) mass is 637 g/mol. The minimum atomic E-state index is -0.357. The van der Waals surface area contributed by atoms with E-state index in [1.165, 1.54) is 24.6 Å². The fourth-order valence-electron chi connectivity index (χ4n) is 5.70. The summed E-state index contributed by atoms with van der Waals surface area (Å²) >= 11 is 0. The number of hydrogen-bond donors (Lipinski definition) is 2. The van der Waals surface area contributed by atoms with Crippen molar-refractivity contribution in [3.63, 3.8) is 0 Å². The van der Waals surface area contributed by atoms with Crippen LogP contribution in [-0.4, -0.2) is 27.4 Å². The third-order valence-electron chi connectivity index (χ3n) is 8.01. The maximum Gasteiger partial charge on any atom is 0.0646 e. The Morgan fingerprint density at radius 2 is 1.50 bits per heavy atom. The second-order valence-corrected chi connectivity index (χ2v) is 11.3. The first-order valence-electron chi connectivity index (χ1n) is 12.4. The van der Waals surface area contributed by atoms with Crippen molar-refractivity contribution in [3.05, 3.63) is 66.7 Å². The van der Waals surface area contributed by atoms with Gasteiger partial charge in [-0.15, -0.1) is 35.9 Å². The molecule has 1 heterocycles. The van der Waals surface area contributed by atoms with E-state index in [0.717, 1.165) is 29.6 Å². The van der Waals surface area contributed by atoms with Gasteiger partial charge in [-0.05, 0) is 59.6 Å². The third-order valence-corrected chi connectivity index (χ3v) is 8.01. The van der Waals surface area contributed by atoms with Crippen molar-refractivity contribution in [2.45, 2.75) is 72.0 Å². The molecule has 1 radical (unpaired) electrons. The van der Waals surface area contributed by atoms with Crippen LogP contribution < -0.4 is 0 Å². The summed E-state index contributed by atoms with van der Waals surface area (Å²) in [7, 11) is 0. The van der Waals surface area contributed by atoms with Crippen molar-refractivity contribution in [1.82, 2.24) is 4.98 Å². The number of fused-ring (bicyclic) bond motifs is 2. The SMILES string of the molecule is CC1(C)CCCC2CCC(C)(C)C(O)C2C1O.[Ir].[c-]1ccccc1-c1ccc2ccccc2n1. The third kappa shape index (κ3) is 5.79. The molecule has 2 aliphatic carbocycles. The number of hydrogen-bond acceptors (Lipinski definition) is 3. The van der Waals surface area contributed by atoms with Crippen LogP contribution in [0.25, 0.3) is 22.2 Å². The van der Waals surface area contributed by atoms with Crippen LogP contribution in [0.2, 0.25) is 0 Å². The molecule has 0 bridgehead atoms. The fraction of sp³-hybridized carbons (Fsp3) is 0.500. The van der Waals surface area contributed by atoms with Gasteiger partial charge in [-0.3, -0.25) is 4.98 Å². The molecule has 4 heteroatoms. The maximum atomic E-state index is 10.7. The molecule has 1 aromatic heterocycles. The second-order valence-electron chi connectivity index (χ2n) is 11.3. The zero-order valence-electron chi connectivity index (χ0n) is 20.8. The van der Waals surface area contributed by atoms with Crippen molar-refractivity contribution in [3.8, 4) is 11.3 Å². The minimum Gasteiger partial charge on any atom is -0.392 e. The number of pyridine rings is 1.